The molecule has 0 bridgehead atoms. The largest absolute Gasteiger partial charge is 0.506 e. The van der Waals surface area contributed by atoms with Gasteiger partial charge >= 0.3 is 0 Å². The molecule has 146 valence electrons. The molecular formula is C21H17N3O5. The predicted octanol–water partition coefficient (Wildman–Crippen LogP) is 3.19. The number of carbonyl (C=O) groups is 1. The van der Waals surface area contributed by atoms with E-state index >= 15 is 0 Å². The number of benzene rings is 3. The van der Waals surface area contributed by atoms with Crippen molar-refractivity contribution in [3.05, 3.63) is 64.3 Å². The lowest BCUT2D eigenvalue weighted by molar-refractivity contribution is -0.114. The first-order valence-electron chi connectivity index (χ1n) is 8.79. The van der Waals surface area contributed by atoms with Crippen LogP contribution < -0.4 is 16.1 Å². The Hall–Kier alpha value is -3.91. The van der Waals surface area contributed by atoms with Crippen LogP contribution in [0.1, 0.15) is 12.5 Å². The lowest BCUT2D eigenvalue weighted by Crippen LogP contribution is -2.10. The average molecular weight is 391 g/mol. The highest BCUT2D eigenvalue weighted by atomic mass is 16.3. The zero-order valence-electron chi connectivity index (χ0n) is 15.4. The van der Waals surface area contributed by atoms with Gasteiger partial charge in [-0.25, -0.2) is 4.98 Å². The summed E-state index contributed by atoms with van der Waals surface area (Å²) < 4.78 is 5.76. The molecular weight excluding hydrogens is 374 g/mol. The van der Waals surface area contributed by atoms with Gasteiger partial charge < -0.3 is 25.3 Å². The van der Waals surface area contributed by atoms with Crippen LogP contribution in [0.25, 0.3) is 22.6 Å². The van der Waals surface area contributed by atoms with Gasteiger partial charge in [0.1, 0.15) is 17.0 Å². The van der Waals surface area contributed by atoms with Crippen LogP contribution in [0.3, 0.4) is 0 Å². The van der Waals surface area contributed by atoms with Crippen LogP contribution in [-0.4, -0.2) is 21.1 Å². The Bertz CT molecular complexity index is 1270. The third-order valence-corrected chi connectivity index (χ3v) is 4.31. The fraction of sp³-hybridized carbons (Fsp3) is 0.0952. The Labute approximate surface area is 164 Å². The van der Waals surface area contributed by atoms with Gasteiger partial charge in [-0.2, -0.15) is 0 Å². The number of rotatable bonds is 4. The van der Waals surface area contributed by atoms with Crippen LogP contribution >= 0.6 is 0 Å². The fourth-order valence-corrected chi connectivity index (χ4v) is 2.96. The summed E-state index contributed by atoms with van der Waals surface area (Å²) in [7, 11) is 0. The van der Waals surface area contributed by atoms with E-state index in [1.165, 1.54) is 25.1 Å². The van der Waals surface area contributed by atoms with E-state index in [1.54, 1.807) is 30.3 Å². The van der Waals surface area contributed by atoms with Crippen molar-refractivity contribution in [1.29, 1.82) is 0 Å². The van der Waals surface area contributed by atoms with Crippen LogP contribution in [0.15, 0.2) is 57.7 Å². The average Bonchev–Trinajstić information content (AvgIpc) is 2.69. The van der Waals surface area contributed by atoms with E-state index in [0.29, 0.717) is 33.8 Å². The minimum atomic E-state index is -0.326. The molecule has 0 saturated carbocycles. The second kappa shape index (κ2) is 7.25. The molecule has 4 rings (SSSR count). The number of carbonyl (C=O) groups excluding carboxylic acids is 1. The van der Waals surface area contributed by atoms with Crippen molar-refractivity contribution in [1.82, 2.24) is 4.98 Å². The third kappa shape index (κ3) is 3.74. The molecule has 2 aliphatic rings. The summed E-state index contributed by atoms with van der Waals surface area (Å²) in [6, 6.07) is 12.6. The second-order valence-electron chi connectivity index (χ2n) is 6.53. The number of aliphatic hydroxyl groups is 1. The van der Waals surface area contributed by atoms with E-state index in [2.05, 4.69) is 15.6 Å². The number of aromatic nitrogens is 1. The maximum atomic E-state index is 12.5. The molecule has 0 fully saturated rings. The Morgan fingerprint density at radius 1 is 1.10 bits per heavy atom. The highest BCUT2D eigenvalue weighted by Gasteiger charge is 2.14. The van der Waals surface area contributed by atoms with Gasteiger partial charge in [0.2, 0.25) is 11.3 Å². The van der Waals surface area contributed by atoms with E-state index in [0.717, 1.165) is 0 Å². The van der Waals surface area contributed by atoms with Gasteiger partial charge in [-0.05, 0) is 42.0 Å². The van der Waals surface area contributed by atoms with Gasteiger partial charge in [0.25, 0.3) is 0 Å². The van der Waals surface area contributed by atoms with Crippen molar-refractivity contribution in [3.63, 3.8) is 0 Å². The van der Waals surface area contributed by atoms with Crippen molar-refractivity contribution in [2.45, 2.75) is 13.5 Å². The van der Waals surface area contributed by atoms with Gasteiger partial charge in [0, 0.05) is 18.7 Å². The number of fused-ring (bicyclic) bond motifs is 2. The molecule has 29 heavy (non-hydrogen) atoms. The van der Waals surface area contributed by atoms with Gasteiger partial charge in [0.05, 0.1) is 18.0 Å². The molecule has 8 heteroatoms. The summed E-state index contributed by atoms with van der Waals surface area (Å²) in [6.07, 6.45) is 0. The molecule has 1 amide bonds. The summed E-state index contributed by atoms with van der Waals surface area (Å²) in [5.41, 5.74) is 2.93. The zero-order chi connectivity index (χ0) is 20.5. The highest BCUT2D eigenvalue weighted by molar-refractivity contribution is 5.91. The van der Waals surface area contributed by atoms with Crippen molar-refractivity contribution in [2.24, 2.45) is 0 Å². The molecule has 1 heterocycles. The van der Waals surface area contributed by atoms with Crippen molar-refractivity contribution >= 4 is 34.1 Å². The number of amides is 1. The van der Waals surface area contributed by atoms with E-state index < -0.39 is 0 Å². The summed E-state index contributed by atoms with van der Waals surface area (Å²) in [5.74, 6) is -0.0692. The number of aromatic hydroxyl groups is 1. The molecule has 4 N–H and O–H groups in total. The number of phenols is 1. The summed E-state index contributed by atoms with van der Waals surface area (Å²) in [4.78, 5) is 28.3. The normalized spacial score (nSPS) is 11.0. The molecule has 0 spiro atoms. The molecule has 8 nitrogen and oxygen atoms in total. The number of phenolic OH excluding ortho intramolecular Hbond substituents is 1. The summed E-state index contributed by atoms with van der Waals surface area (Å²) in [6.45, 7) is 1.22. The molecule has 2 aromatic carbocycles. The SMILES string of the molecule is CC(=O)Nc1cc(Nc2cc3nc4cc(CO)ccc4oc-3cc2=O)ccc1O. The minimum absolute atomic E-state index is 0.0850. The van der Waals surface area contributed by atoms with Gasteiger partial charge in [0.15, 0.2) is 11.3 Å². The first kappa shape index (κ1) is 18.5. The number of aliphatic hydroxyl groups excluding tert-OH is 1. The van der Waals surface area contributed by atoms with Crippen molar-refractivity contribution in [2.75, 3.05) is 10.6 Å². The standard InChI is InChI=1S/C21H17N3O5/c1-11(26)22-14-7-13(3-4-18(14)27)23-15-8-17-21(9-19(15)28)29-20-5-2-12(10-25)6-16(20)24-17/h2-9,23,25,27H,10H2,1H3,(H,22,26). The summed E-state index contributed by atoms with van der Waals surface area (Å²) >= 11 is 0. The smallest absolute Gasteiger partial charge is 0.221 e. The second-order valence-corrected chi connectivity index (χ2v) is 6.53. The Morgan fingerprint density at radius 2 is 1.93 bits per heavy atom. The molecule has 0 saturated heterocycles. The lowest BCUT2D eigenvalue weighted by Gasteiger charge is -2.12. The van der Waals surface area contributed by atoms with Gasteiger partial charge in [-0.3, -0.25) is 9.59 Å². The van der Waals surface area contributed by atoms with Gasteiger partial charge in [-0.1, -0.05) is 6.07 Å². The molecule has 2 aromatic rings. The number of hydrogen-bond acceptors (Lipinski definition) is 7. The van der Waals surface area contributed by atoms with Crippen LogP contribution in [-0.2, 0) is 11.4 Å². The van der Waals surface area contributed by atoms with Crippen LogP contribution in [0.4, 0.5) is 17.1 Å². The zero-order valence-corrected chi connectivity index (χ0v) is 15.4. The van der Waals surface area contributed by atoms with Crippen molar-refractivity contribution < 1.29 is 19.4 Å². The minimum Gasteiger partial charge on any atom is -0.506 e. The Balaban J connectivity index is 1.75. The molecule has 0 atom stereocenters. The molecule has 0 aromatic heterocycles. The molecule has 1 aliphatic heterocycles. The third-order valence-electron chi connectivity index (χ3n) is 4.31. The first-order chi connectivity index (χ1) is 13.9. The molecule has 1 aliphatic carbocycles. The van der Waals surface area contributed by atoms with E-state index in [-0.39, 0.29) is 35.1 Å². The summed E-state index contributed by atoms with van der Waals surface area (Å²) in [5, 5.41) is 24.6. The van der Waals surface area contributed by atoms with Crippen LogP contribution in [0.2, 0.25) is 0 Å². The number of nitrogens with one attached hydrogen (secondary N) is 2. The highest BCUT2D eigenvalue weighted by Crippen LogP contribution is 2.30. The number of hydrogen-bond donors (Lipinski definition) is 4. The molecule has 0 radical (unpaired) electrons. The molecule has 0 unspecified atom stereocenters. The fourth-order valence-electron chi connectivity index (χ4n) is 2.96. The maximum Gasteiger partial charge on any atom is 0.221 e. The lowest BCUT2D eigenvalue weighted by atomic mass is 10.1. The topological polar surface area (TPSA) is 125 Å². The number of anilines is 3. The van der Waals surface area contributed by atoms with Crippen LogP contribution in [0.5, 0.6) is 5.75 Å². The quantitative estimate of drug-likeness (QED) is 0.239. The predicted molar refractivity (Wildman–Crippen MR) is 109 cm³/mol. The van der Waals surface area contributed by atoms with Crippen molar-refractivity contribution in [3.8, 4) is 17.2 Å². The van der Waals surface area contributed by atoms with E-state index in [4.69, 9.17) is 4.42 Å². The first-order valence-corrected chi connectivity index (χ1v) is 8.79. The van der Waals surface area contributed by atoms with Crippen LogP contribution in [0, 0.1) is 0 Å². The van der Waals surface area contributed by atoms with Gasteiger partial charge in [-0.15, -0.1) is 0 Å². The Kier molecular flexibility index (Phi) is 4.61. The number of nitrogens with zero attached hydrogens (tertiary/aromatic N) is 1. The van der Waals surface area contributed by atoms with E-state index in [1.807, 2.05) is 0 Å². The monoisotopic (exact) mass is 391 g/mol. The maximum absolute atomic E-state index is 12.5. The van der Waals surface area contributed by atoms with E-state index in [9.17, 15) is 19.8 Å². The Morgan fingerprint density at radius 3 is 2.69 bits per heavy atom.